The van der Waals surface area contributed by atoms with Gasteiger partial charge in [-0.05, 0) is 74.5 Å². The third kappa shape index (κ3) is 3.74. The van der Waals surface area contributed by atoms with Gasteiger partial charge < -0.3 is 4.74 Å². The average molecular weight is 341 g/mol. The first-order chi connectivity index (χ1) is 12.0. The van der Waals surface area contributed by atoms with Crippen molar-refractivity contribution in [3.8, 4) is 0 Å². The fourth-order valence-corrected chi connectivity index (χ4v) is 4.70. The van der Waals surface area contributed by atoms with Crippen LogP contribution in [0.2, 0.25) is 0 Å². The number of ether oxygens (including phenoxy) is 1. The lowest BCUT2D eigenvalue weighted by atomic mass is 9.84. The van der Waals surface area contributed by atoms with Crippen molar-refractivity contribution >= 4 is 11.4 Å². The molecule has 2 aliphatic rings. The van der Waals surface area contributed by atoms with Gasteiger partial charge in [-0.2, -0.15) is 0 Å². The van der Waals surface area contributed by atoms with Gasteiger partial charge in [0, 0.05) is 25.2 Å². The Morgan fingerprint density at radius 3 is 2.20 bits per heavy atom. The Labute approximate surface area is 152 Å². The summed E-state index contributed by atoms with van der Waals surface area (Å²) in [4.78, 5) is 13.0. The molecule has 1 aliphatic heterocycles. The third-order valence-corrected chi connectivity index (χ3v) is 6.13. The predicted molar refractivity (Wildman–Crippen MR) is 104 cm³/mol. The molecule has 3 rings (SSSR count). The molecule has 1 heterocycles. The first-order valence-electron chi connectivity index (χ1n) is 9.99. The minimum Gasteiger partial charge on any atom is -0.381 e. The highest BCUT2D eigenvalue weighted by Gasteiger charge is 2.34. The van der Waals surface area contributed by atoms with Crippen molar-refractivity contribution in [3.05, 3.63) is 40.0 Å². The zero-order chi connectivity index (χ0) is 18.0. The molecule has 1 unspecified atom stereocenters. The predicted octanol–water partition coefficient (Wildman–Crippen LogP) is 5.30. The number of aryl methyl sites for hydroxylation is 3. The normalized spacial score (nSPS) is 22.1. The topological polar surface area (TPSA) is 26.3 Å². The lowest BCUT2D eigenvalue weighted by Gasteiger charge is -2.25. The number of Topliss-reactive ketones (excluding diaryl/α,β-unsaturated/α-hetero) is 1. The quantitative estimate of drug-likeness (QED) is 0.727. The highest BCUT2D eigenvalue weighted by molar-refractivity contribution is 6.24. The summed E-state index contributed by atoms with van der Waals surface area (Å²) in [5.41, 5.74) is 7.63. The molecule has 2 heteroatoms. The second kappa shape index (κ2) is 7.86. The summed E-state index contributed by atoms with van der Waals surface area (Å²) in [6.45, 7) is 10.5. The van der Waals surface area contributed by atoms with Crippen LogP contribution < -0.4 is 0 Å². The lowest BCUT2D eigenvalue weighted by molar-refractivity contribution is -0.113. The summed E-state index contributed by atoms with van der Waals surface area (Å²) in [5.74, 6) is 1.51. The molecular weight excluding hydrogens is 308 g/mol. The smallest absolute Gasteiger partial charge is 0.164 e. The van der Waals surface area contributed by atoms with E-state index in [1.807, 2.05) is 0 Å². The second-order valence-corrected chi connectivity index (χ2v) is 7.84. The molecule has 136 valence electrons. The van der Waals surface area contributed by atoms with Crippen LogP contribution in [0, 0.1) is 18.8 Å². The molecule has 0 aromatic heterocycles. The minimum absolute atomic E-state index is 0.364. The van der Waals surface area contributed by atoms with Gasteiger partial charge in [0.2, 0.25) is 0 Å². The van der Waals surface area contributed by atoms with Crippen LogP contribution in [0.3, 0.4) is 0 Å². The van der Waals surface area contributed by atoms with Gasteiger partial charge in [-0.1, -0.05) is 37.1 Å². The van der Waals surface area contributed by atoms with E-state index in [1.54, 1.807) is 0 Å². The highest BCUT2D eigenvalue weighted by atomic mass is 16.5. The minimum atomic E-state index is 0.364. The van der Waals surface area contributed by atoms with Crippen molar-refractivity contribution in [2.45, 2.75) is 66.2 Å². The van der Waals surface area contributed by atoms with Gasteiger partial charge in [0.1, 0.15) is 0 Å². The molecule has 1 aromatic rings. The number of benzene rings is 1. The number of hydrogen-bond acceptors (Lipinski definition) is 2. The van der Waals surface area contributed by atoms with E-state index in [4.69, 9.17) is 4.74 Å². The Balaban J connectivity index is 1.96. The maximum atomic E-state index is 13.0. The molecule has 25 heavy (non-hydrogen) atoms. The summed E-state index contributed by atoms with van der Waals surface area (Å²) in [6, 6.07) is 4.54. The number of rotatable bonds is 5. The number of carbonyl (C=O) groups is 1. The van der Waals surface area contributed by atoms with Crippen LogP contribution in [0.25, 0.3) is 5.57 Å². The monoisotopic (exact) mass is 340 g/mol. The van der Waals surface area contributed by atoms with Crippen LogP contribution in [-0.2, 0) is 22.4 Å². The summed E-state index contributed by atoms with van der Waals surface area (Å²) >= 11 is 0. The summed E-state index contributed by atoms with van der Waals surface area (Å²) < 4.78 is 5.50. The third-order valence-electron chi connectivity index (χ3n) is 6.13. The standard InChI is InChI=1S/C23H32O2/c1-5-18-11-15(3)12-19(6-2)23(18)22-16(4)20(14-21(22)24)13-17-7-9-25-10-8-17/h11-12,17,20H,5-10,13-14H2,1-4H3. The molecule has 0 spiro atoms. The molecule has 0 amide bonds. The Kier molecular flexibility index (Phi) is 5.78. The maximum absolute atomic E-state index is 13.0. The molecule has 0 N–H and O–H groups in total. The van der Waals surface area contributed by atoms with E-state index < -0.39 is 0 Å². The van der Waals surface area contributed by atoms with Crippen molar-refractivity contribution in [1.82, 2.24) is 0 Å². The van der Waals surface area contributed by atoms with E-state index in [0.717, 1.165) is 56.8 Å². The van der Waals surface area contributed by atoms with Crippen LogP contribution in [0.15, 0.2) is 17.7 Å². The average Bonchev–Trinajstić information content (AvgIpc) is 2.88. The largest absolute Gasteiger partial charge is 0.381 e. The molecular formula is C23H32O2. The Morgan fingerprint density at radius 2 is 1.64 bits per heavy atom. The van der Waals surface area contributed by atoms with E-state index in [2.05, 4.69) is 39.8 Å². The second-order valence-electron chi connectivity index (χ2n) is 7.84. The highest BCUT2D eigenvalue weighted by Crippen LogP contribution is 2.42. The lowest BCUT2D eigenvalue weighted by Crippen LogP contribution is -2.18. The van der Waals surface area contributed by atoms with Crippen LogP contribution in [0.5, 0.6) is 0 Å². The summed E-state index contributed by atoms with van der Waals surface area (Å²) in [5, 5.41) is 0. The van der Waals surface area contributed by atoms with Crippen molar-refractivity contribution in [3.63, 3.8) is 0 Å². The Morgan fingerprint density at radius 1 is 1.04 bits per heavy atom. The first kappa shape index (κ1) is 18.4. The fourth-order valence-electron chi connectivity index (χ4n) is 4.70. The van der Waals surface area contributed by atoms with Crippen molar-refractivity contribution in [1.29, 1.82) is 0 Å². The number of carbonyl (C=O) groups excluding carboxylic acids is 1. The van der Waals surface area contributed by atoms with E-state index in [0.29, 0.717) is 18.1 Å². The number of ketones is 1. The Bertz CT molecular complexity index is 652. The van der Waals surface area contributed by atoms with E-state index in [9.17, 15) is 4.79 Å². The maximum Gasteiger partial charge on any atom is 0.164 e. The molecule has 0 saturated carbocycles. The van der Waals surface area contributed by atoms with Gasteiger partial charge in [0.05, 0.1) is 0 Å². The van der Waals surface area contributed by atoms with Gasteiger partial charge in [-0.3, -0.25) is 4.79 Å². The van der Waals surface area contributed by atoms with Gasteiger partial charge in [0.15, 0.2) is 5.78 Å². The molecule has 1 atom stereocenters. The van der Waals surface area contributed by atoms with E-state index in [-0.39, 0.29) is 0 Å². The first-order valence-corrected chi connectivity index (χ1v) is 9.99. The van der Waals surface area contributed by atoms with Crippen molar-refractivity contribution in [2.75, 3.05) is 13.2 Å². The van der Waals surface area contributed by atoms with Crippen LogP contribution in [-0.4, -0.2) is 19.0 Å². The van der Waals surface area contributed by atoms with Crippen molar-refractivity contribution < 1.29 is 9.53 Å². The summed E-state index contributed by atoms with van der Waals surface area (Å²) in [6.07, 6.45) is 6.13. The van der Waals surface area contributed by atoms with E-state index >= 15 is 0 Å². The van der Waals surface area contributed by atoms with Crippen LogP contribution in [0.1, 0.15) is 68.7 Å². The molecule has 1 aliphatic carbocycles. The van der Waals surface area contributed by atoms with Gasteiger partial charge in [-0.15, -0.1) is 0 Å². The summed E-state index contributed by atoms with van der Waals surface area (Å²) in [7, 11) is 0. The molecule has 2 nitrogen and oxygen atoms in total. The molecule has 1 fully saturated rings. The number of allylic oxidation sites excluding steroid dienone is 2. The van der Waals surface area contributed by atoms with Gasteiger partial charge >= 0.3 is 0 Å². The molecule has 1 aromatic carbocycles. The number of hydrogen-bond donors (Lipinski definition) is 0. The zero-order valence-corrected chi connectivity index (χ0v) is 16.3. The molecule has 0 bridgehead atoms. The SMILES string of the molecule is CCc1cc(C)cc(CC)c1C1=C(C)C(CC2CCOCC2)CC1=O. The van der Waals surface area contributed by atoms with Crippen LogP contribution in [0.4, 0.5) is 0 Å². The van der Waals surface area contributed by atoms with E-state index in [1.165, 1.54) is 27.8 Å². The molecule has 0 radical (unpaired) electrons. The molecule has 1 saturated heterocycles. The fraction of sp³-hybridized carbons (Fsp3) is 0.609. The van der Waals surface area contributed by atoms with Gasteiger partial charge in [0.25, 0.3) is 0 Å². The van der Waals surface area contributed by atoms with Gasteiger partial charge in [-0.25, -0.2) is 0 Å². The van der Waals surface area contributed by atoms with Crippen LogP contribution >= 0.6 is 0 Å². The van der Waals surface area contributed by atoms with Crippen molar-refractivity contribution in [2.24, 2.45) is 11.8 Å². The Hall–Kier alpha value is -1.41. The zero-order valence-electron chi connectivity index (χ0n) is 16.3.